The summed E-state index contributed by atoms with van der Waals surface area (Å²) in [6, 6.07) is 4.66. The zero-order valence-corrected chi connectivity index (χ0v) is 10.5. The molecule has 16 heavy (non-hydrogen) atoms. The number of benzene rings is 1. The molecule has 1 rings (SSSR count). The molecule has 0 saturated carbocycles. The molecule has 0 aliphatic rings. The van der Waals surface area contributed by atoms with Crippen molar-refractivity contribution in [2.24, 2.45) is 0 Å². The minimum atomic E-state index is -0.278. The van der Waals surface area contributed by atoms with Crippen LogP contribution in [0.3, 0.4) is 0 Å². The van der Waals surface area contributed by atoms with Crippen LogP contribution in [0.4, 0.5) is 4.39 Å². The maximum absolute atomic E-state index is 13.3. The Morgan fingerprint density at radius 3 is 2.94 bits per heavy atom. The molecule has 0 aliphatic carbocycles. The molecule has 0 fully saturated rings. The van der Waals surface area contributed by atoms with Gasteiger partial charge in [-0.3, -0.25) is 4.79 Å². The third-order valence-corrected chi connectivity index (χ3v) is 3.27. The molecule has 0 unspecified atom stereocenters. The first-order chi connectivity index (χ1) is 7.61. The molecule has 1 aromatic carbocycles. The second-order valence-electron chi connectivity index (χ2n) is 3.24. The van der Waals surface area contributed by atoms with Crippen molar-refractivity contribution in [1.82, 2.24) is 5.32 Å². The second kappa shape index (κ2) is 6.76. The van der Waals surface area contributed by atoms with E-state index in [2.05, 4.69) is 5.32 Å². The molecule has 0 atom stereocenters. The van der Waals surface area contributed by atoms with Crippen LogP contribution in [0, 0.1) is 5.82 Å². The quantitative estimate of drug-likeness (QED) is 0.826. The predicted octanol–water partition coefficient (Wildman–Crippen LogP) is 2.85. The highest BCUT2D eigenvalue weighted by Gasteiger charge is 2.06. The van der Waals surface area contributed by atoms with E-state index >= 15 is 0 Å². The minimum absolute atomic E-state index is 0.0514. The van der Waals surface area contributed by atoms with Gasteiger partial charge in [-0.25, -0.2) is 4.39 Å². The summed E-state index contributed by atoms with van der Waals surface area (Å²) >= 11 is 7.41. The Kier molecular flexibility index (Phi) is 5.63. The molecule has 2 nitrogen and oxygen atoms in total. The number of nitrogens with one attached hydrogen (secondary N) is 1. The van der Waals surface area contributed by atoms with Gasteiger partial charge in [-0.2, -0.15) is 11.8 Å². The van der Waals surface area contributed by atoms with Gasteiger partial charge in [0.1, 0.15) is 5.82 Å². The highest BCUT2D eigenvalue weighted by Crippen LogP contribution is 2.23. The first-order valence-corrected chi connectivity index (χ1v) is 6.39. The lowest BCUT2D eigenvalue weighted by Crippen LogP contribution is -2.22. The van der Waals surface area contributed by atoms with Gasteiger partial charge in [-0.1, -0.05) is 17.7 Å². The highest BCUT2D eigenvalue weighted by atomic mass is 35.5. The molecule has 0 heterocycles. The van der Waals surface area contributed by atoms with Crippen LogP contribution in [0.15, 0.2) is 18.2 Å². The van der Waals surface area contributed by atoms with Gasteiger partial charge in [0.15, 0.2) is 0 Å². The summed E-state index contributed by atoms with van der Waals surface area (Å²) in [4.78, 5) is 10.6. The second-order valence-corrected chi connectivity index (χ2v) is 4.75. The van der Waals surface area contributed by atoms with Crippen molar-refractivity contribution in [1.29, 1.82) is 0 Å². The molecule has 1 aromatic rings. The minimum Gasteiger partial charge on any atom is -0.356 e. The lowest BCUT2D eigenvalue weighted by molar-refractivity contribution is -0.118. The topological polar surface area (TPSA) is 29.1 Å². The van der Waals surface area contributed by atoms with Gasteiger partial charge < -0.3 is 5.32 Å². The van der Waals surface area contributed by atoms with E-state index in [0.29, 0.717) is 22.9 Å². The van der Waals surface area contributed by atoms with Gasteiger partial charge in [-0.05, 0) is 12.1 Å². The van der Waals surface area contributed by atoms with Gasteiger partial charge in [0.25, 0.3) is 0 Å². The highest BCUT2D eigenvalue weighted by molar-refractivity contribution is 7.98. The Morgan fingerprint density at radius 1 is 1.56 bits per heavy atom. The normalized spacial score (nSPS) is 10.2. The molecule has 0 radical (unpaired) electrons. The third-order valence-electron chi connectivity index (χ3n) is 1.93. The maximum atomic E-state index is 13.3. The van der Waals surface area contributed by atoms with Gasteiger partial charge in [0.2, 0.25) is 5.91 Å². The number of thioether (sulfide) groups is 1. The van der Waals surface area contributed by atoms with Crippen molar-refractivity contribution in [2.45, 2.75) is 12.7 Å². The summed E-state index contributed by atoms with van der Waals surface area (Å²) in [6.07, 6.45) is 0. The van der Waals surface area contributed by atoms with Gasteiger partial charge in [0.05, 0.1) is 0 Å². The first-order valence-electron chi connectivity index (χ1n) is 4.86. The molecule has 0 spiro atoms. The van der Waals surface area contributed by atoms with Gasteiger partial charge >= 0.3 is 0 Å². The van der Waals surface area contributed by atoms with E-state index < -0.39 is 0 Å². The average molecular weight is 262 g/mol. The summed E-state index contributed by atoms with van der Waals surface area (Å²) in [5.41, 5.74) is 0.525. The number of amides is 1. The summed E-state index contributed by atoms with van der Waals surface area (Å²) in [5.74, 6) is 0.930. The predicted molar refractivity (Wildman–Crippen MR) is 66.3 cm³/mol. The van der Waals surface area contributed by atoms with Crippen LogP contribution in [0.2, 0.25) is 5.02 Å². The number of halogens is 2. The molecular formula is C11H13ClFNOS. The molecule has 1 amide bonds. The molecule has 0 saturated heterocycles. The van der Waals surface area contributed by atoms with E-state index in [0.717, 1.165) is 5.75 Å². The largest absolute Gasteiger partial charge is 0.356 e. The Labute approximate surface area is 104 Å². The fraction of sp³-hybridized carbons (Fsp3) is 0.364. The van der Waals surface area contributed by atoms with E-state index in [4.69, 9.17) is 11.6 Å². The van der Waals surface area contributed by atoms with Crippen LogP contribution >= 0.6 is 23.4 Å². The molecule has 88 valence electrons. The molecule has 0 aromatic heterocycles. The molecule has 1 N–H and O–H groups in total. The summed E-state index contributed by atoms with van der Waals surface area (Å²) in [5, 5.41) is 3.13. The van der Waals surface area contributed by atoms with E-state index in [1.165, 1.54) is 24.8 Å². The number of carbonyl (C=O) groups is 1. The van der Waals surface area contributed by atoms with Gasteiger partial charge in [-0.15, -0.1) is 0 Å². The van der Waals surface area contributed by atoms with Crippen molar-refractivity contribution < 1.29 is 9.18 Å². The van der Waals surface area contributed by atoms with Crippen molar-refractivity contribution in [3.8, 4) is 0 Å². The van der Waals surface area contributed by atoms with Crippen molar-refractivity contribution in [3.05, 3.63) is 34.6 Å². The van der Waals surface area contributed by atoms with Gasteiger partial charge in [0, 0.05) is 35.6 Å². The number of rotatable bonds is 5. The molecule has 5 heteroatoms. The zero-order valence-electron chi connectivity index (χ0n) is 8.93. The lowest BCUT2D eigenvalue weighted by Gasteiger charge is -2.05. The average Bonchev–Trinajstić information content (AvgIpc) is 2.21. The lowest BCUT2D eigenvalue weighted by atomic mass is 10.2. The van der Waals surface area contributed by atoms with Crippen LogP contribution < -0.4 is 5.32 Å². The maximum Gasteiger partial charge on any atom is 0.216 e. The summed E-state index contributed by atoms with van der Waals surface area (Å²) in [7, 11) is 0. The Hall–Kier alpha value is -0.740. The first kappa shape index (κ1) is 13.3. The number of carbonyl (C=O) groups excluding carboxylic acids is 1. The zero-order chi connectivity index (χ0) is 12.0. The van der Waals surface area contributed by atoms with Crippen LogP contribution in [0.25, 0.3) is 0 Å². The monoisotopic (exact) mass is 261 g/mol. The standard InChI is InChI=1S/C11H13ClFNOS/c1-8(15)14-5-6-16-7-9-10(12)3-2-4-11(9)13/h2-4H,5-7H2,1H3,(H,14,15). The van der Waals surface area contributed by atoms with E-state index in [-0.39, 0.29) is 11.7 Å². The summed E-state index contributed by atoms with van der Waals surface area (Å²) in [6.45, 7) is 2.06. The van der Waals surface area contributed by atoms with E-state index in [1.807, 2.05) is 0 Å². The smallest absolute Gasteiger partial charge is 0.216 e. The third kappa shape index (κ3) is 4.41. The summed E-state index contributed by atoms with van der Waals surface area (Å²) < 4.78 is 13.3. The van der Waals surface area contributed by atoms with E-state index in [1.54, 1.807) is 12.1 Å². The molecule has 0 aliphatic heterocycles. The number of hydrogen-bond donors (Lipinski definition) is 1. The van der Waals surface area contributed by atoms with Crippen LogP contribution in [-0.2, 0) is 10.5 Å². The van der Waals surface area contributed by atoms with Crippen molar-refractivity contribution in [2.75, 3.05) is 12.3 Å². The molecular weight excluding hydrogens is 249 g/mol. The number of hydrogen-bond acceptors (Lipinski definition) is 2. The Bertz CT molecular complexity index is 353. The molecule has 0 bridgehead atoms. The Balaban J connectivity index is 2.34. The fourth-order valence-corrected chi connectivity index (χ4v) is 2.34. The van der Waals surface area contributed by atoms with Crippen LogP contribution in [0.1, 0.15) is 12.5 Å². The van der Waals surface area contributed by atoms with Crippen molar-refractivity contribution in [3.63, 3.8) is 0 Å². The fourth-order valence-electron chi connectivity index (χ4n) is 1.14. The van der Waals surface area contributed by atoms with E-state index in [9.17, 15) is 9.18 Å². The SMILES string of the molecule is CC(=O)NCCSCc1c(F)cccc1Cl. The van der Waals surface area contributed by atoms with Crippen LogP contribution in [-0.4, -0.2) is 18.2 Å². The van der Waals surface area contributed by atoms with Crippen molar-refractivity contribution >= 4 is 29.3 Å². The van der Waals surface area contributed by atoms with Crippen LogP contribution in [0.5, 0.6) is 0 Å². The Morgan fingerprint density at radius 2 is 2.31 bits per heavy atom.